The third kappa shape index (κ3) is 5.95. The molecule has 60 heavy (non-hydrogen) atoms. The Morgan fingerprint density at radius 2 is 0.733 bits per heavy atom. The Kier molecular flexibility index (Phi) is 8.78. The van der Waals surface area contributed by atoms with Gasteiger partial charge in [0.2, 0.25) is 0 Å². The average Bonchev–Trinajstić information content (AvgIpc) is 3.83. The molecule has 0 atom stereocenters. The van der Waals surface area contributed by atoms with Crippen LogP contribution in [0.4, 0.5) is 0 Å². The van der Waals surface area contributed by atoms with E-state index in [9.17, 15) is 0 Å². The summed E-state index contributed by atoms with van der Waals surface area (Å²) in [6.45, 7) is 4.54. The van der Waals surface area contributed by atoms with Crippen LogP contribution in [0.5, 0.6) is 0 Å². The maximum Gasteiger partial charge on any atom is 0.0544 e. The molecule has 9 aromatic carbocycles. The molecule has 0 spiro atoms. The minimum Gasteiger partial charge on any atom is -0.309 e. The molecule has 0 amide bonds. The predicted molar refractivity (Wildman–Crippen MR) is 256 cm³/mol. The molecular formula is C58H44N2. The van der Waals surface area contributed by atoms with E-state index in [1.165, 1.54) is 111 Å². The molecular weight excluding hydrogens is 725 g/mol. The Balaban J connectivity index is 1.03. The Morgan fingerprint density at radius 1 is 0.283 bits per heavy atom. The molecule has 0 fully saturated rings. The molecule has 0 N–H and O–H groups in total. The number of rotatable bonds is 8. The number of aromatic nitrogens is 2. The predicted octanol–water partition coefficient (Wildman–Crippen LogP) is 15.7. The van der Waals surface area contributed by atoms with Gasteiger partial charge in [0.15, 0.2) is 0 Å². The monoisotopic (exact) mass is 768 g/mol. The number of benzene rings is 9. The number of hydrogen-bond donors (Lipinski definition) is 0. The summed E-state index contributed by atoms with van der Waals surface area (Å²) in [6.07, 6.45) is 1.95. The van der Waals surface area contributed by atoms with Crippen molar-refractivity contribution < 1.29 is 0 Å². The summed E-state index contributed by atoms with van der Waals surface area (Å²) in [7, 11) is 0. The average molecular weight is 769 g/mol. The normalized spacial score (nSPS) is 11.6. The molecule has 11 rings (SSSR count). The van der Waals surface area contributed by atoms with Crippen LogP contribution >= 0.6 is 0 Å². The molecule has 11 aromatic rings. The lowest BCUT2D eigenvalue weighted by molar-refractivity contribution is 1.11. The van der Waals surface area contributed by atoms with E-state index in [1.807, 2.05) is 0 Å². The number of hydrogen-bond acceptors (Lipinski definition) is 0. The van der Waals surface area contributed by atoms with Crippen molar-refractivity contribution in [2.45, 2.75) is 26.7 Å². The second-order valence-electron chi connectivity index (χ2n) is 15.9. The van der Waals surface area contributed by atoms with Crippen LogP contribution in [0.15, 0.2) is 206 Å². The Bertz CT molecular complexity index is 3350. The van der Waals surface area contributed by atoms with Crippen LogP contribution in [-0.2, 0) is 12.8 Å². The summed E-state index contributed by atoms with van der Waals surface area (Å²) in [5.74, 6) is 0. The summed E-state index contributed by atoms with van der Waals surface area (Å²) in [5, 5.41) is 5.06. The van der Waals surface area contributed by atoms with Gasteiger partial charge in [0, 0.05) is 32.9 Å². The van der Waals surface area contributed by atoms with Crippen molar-refractivity contribution >= 4 is 43.6 Å². The van der Waals surface area contributed by atoms with E-state index < -0.39 is 0 Å². The van der Waals surface area contributed by atoms with Crippen molar-refractivity contribution in [3.8, 4) is 55.9 Å². The highest BCUT2D eigenvalue weighted by Gasteiger charge is 2.19. The molecule has 2 heteroatoms. The largest absolute Gasteiger partial charge is 0.309 e. The van der Waals surface area contributed by atoms with E-state index in [2.05, 4.69) is 229 Å². The summed E-state index contributed by atoms with van der Waals surface area (Å²) >= 11 is 0. The summed E-state index contributed by atoms with van der Waals surface area (Å²) in [4.78, 5) is 0. The molecule has 0 aliphatic rings. The van der Waals surface area contributed by atoms with Crippen molar-refractivity contribution in [1.82, 2.24) is 9.13 Å². The van der Waals surface area contributed by atoms with Crippen LogP contribution in [0.2, 0.25) is 0 Å². The van der Waals surface area contributed by atoms with Gasteiger partial charge >= 0.3 is 0 Å². The van der Waals surface area contributed by atoms with Crippen LogP contribution in [0.3, 0.4) is 0 Å². The molecule has 0 saturated carbocycles. The highest BCUT2D eigenvalue weighted by atomic mass is 15.0. The Hall–Kier alpha value is -7.42. The summed E-state index contributed by atoms with van der Waals surface area (Å²) in [5.41, 5.74) is 19.9. The van der Waals surface area contributed by atoms with Gasteiger partial charge in [-0.05, 0) is 135 Å². The molecule has 0 unspecified atom stereocenters. The Morgan fingerprint density at radius 3 is 1.40 bits per heavy atom. The first kappa shape index (κ1) is 35.7. The van der Waals surface area contributed by atoms with E-state index in [4.69, 9.17) is 0 Å². The molecule has 0 radical (unpaired) electrons. The van der Waals surface area contributed by atoms with Crippen LogP contribution in [0, 0.1) is 0 Å². The Labute approximate surface area is 351 Å². The van der Waals surface area contributed by atoms with Gasteiger partial charge in [0.05, 0.1) is 22.1 Å². The minimum absolute atomic E-state index is 0.956. The topological polar surface area (TPSA) is 9.86 Å². The molecule has 0 aliphatic heterocycles. The highest BCUT2D eigenvalue weighted by molar-refractivity contribution is 6.13. The quantitative estimate of drug-likeness (QED) is 0.146. The van der Waals surface area contributed by atoms with E-state index in [1.54, 1.807) is 0 Å². The maximum absolute atomic E-state index is 2.47. The van der Waals surface area contributed by atoms with Gasteiger partial charge in [0.25, 0.3) is 0 Å². The molecule has 286 valence electrons. The molecule has 2 nitrogen and oxygen atoms in total. The maximum atomic E-state index is 2.47. The lowest BCUT2D eigenvalue weighted by Gasteiger charge is -2.14. The fraction of sp³-hybridized carbons (Fsp3) is 0.0690. The first-order chi connectivity index (χ1) is 29.7. The molecule has 0 bridgehead atoms. The van der Waals surface area contributed by atoms with Gasteiger partial charge in [-0.1, -0.05) is 153 Å². The molecule has 0 saturated heterocycles. The van der Waals surface area contributed by atoms with E-state index in [-0.39, 0.29) is 0 Å². The van der Waals surface area contributed by atoms with Gasteiger partial charge in [0.1, 0.15) is 0 Å². The third-order valence-electron chi connectivity index (χ3n) is 12.5. The number of para-hydroxylation sites is 2. The van der Waals surface area contributed by atoms with E-state index >= 15 is 0 Å². The van der Waals surface area contributed by atoms with Gasteiger partial charge in [-0.25, -0.2) is 0 Å². The fourth-order valence-corrected chi connectivity index (χ4v) is 9.50. The minimum atomic E-state index is 0.956. The number of nitrogens with zero attached hydrogens (tertiary/aromatic N) is 2. The summed E-state index contributed by atoms with van der Waals surface area (Å²) < 4.78 is 4.84. The zero-order chi connectivity index (χ0) is 40.2. The second-order valence-corrected chi connectivity index (χ2v) is 15.9. The van der Waals surface area contributed by atoms with Crippen LogP contribution < -0.4 is 0 Å². The van der Waals surface area contributed by atoms with Gasteiger partial charge < -0.3 is 9.13 Å². The second kappa shape index (κ2) is 14.8. The zero-order valence-electron chi connectivity index (χ0n) is 33.9. The smallest absolute Gasteiger partial charge is 0.0544 e. The molecule has 2 heterocycles. The van der Waals surface area contributed by atoms with Gasteiger partial charge in [-0.2, -0.15) is 0 Å². The lowest BCUT2D eigenvalue weighted by atomic mass is 9.91. The van der Waals surface area contributed by atoms with Crippen LogP contribution in [0.1, 0.15) is 25.0 Å². The zero-order valence-corrected chi connectivity index (χ0v) is 33.9. The first-order valence-corrected chi connectivity index (χ1v) is 21.2. The van der Waals surface area contributed by atoms with Crippen molar-refractivity contribution in [2.75, 3.05) is 0 Å². The SMILES string of the molecule is CCc1ccccc1-c1cc2c3cc(-c4ccc(-c5ccc6c(c5)c5ccccc5n6-c5ccccc5)cc4)ccc3n(-c3ccc(-c4ccccc4)cc3)c2cc1CC. The van der Waals surface area contributed by atoms with Gasteiger partial charge in [-0.3, -0.25) is 0 Å². The van der Waals surface area contributed by atoms with Crippen LogP contribution in [0.25, 0.3) is 99.5 Å². The number of fused-ring (bicyclic) bond motifs is 6. The standard InChI is InChI=1S/C58H44N2/c1-3-39-15-11-12-20-49(39)51-38-54-53-36-46(30-34-57(53)60(58(54)37-40(51)4-2)48-31-27-42(28-32-48)41-16-7-5-8-17-41)44-25-23-43(24-26-44)45-29-33-56-52(35-45)50-21-13-14-22-55(50)59(56)47-18-9-6-10-19-47/h5-38H,3-4H2,1-2H3. The third-order valence-corrected chi connectivity index (χ3v) is 12.5. The summed E-state index contributed by atoms with van der Waals surface area (Å²) in [6, 6.07) is 76.0. The van der Waals surface area contributed by atoms with Crippen LogP contribution in [-0.4, -0.2) is 9.13 Å². The van der Waals surface area contributed by atoms with E-state index in [0.29, 0.717) is 0 Å². The molecule has 2 aromatic heterocycles. The van der Waals surface area contributed by atoms with Crippen molar-refractivity contribution in [2.24, 2.45) is 0 Å². The number of aryl methyl sites for hydroxylation is 2. The highest BCUT2D eigenvalue weighted by Crippen LogP contribution is 2.41. The van der Waals surface area contributed by atoms with E-state index in [0.717, 1.165) is 12.8 Å². The first-order valence-electron chi connectivity index (χ1n) is 21.2. The fourth-order valence-electron chi connectivity index (χ4n) is 9.50. The lowest BCUT2D eigenvalue weighted by Crippen LogP contribution is -1.96. The molecule has 0 aliphatic carbocycles. The van der Waals surface area contributed by atoms with Crippen molar-refractivity contribution in [1.29, 1.82) is 0 Å². The van der Waals surface area contributed by atoms with Gasteiger partial charge in [-0.15, -0.1) is 0 Å². The van der Waals surface area contributed by atoms with Crippen molar-refractivity contribution in [3.05, 3.63) is 217 Å². The van der Waals surface area contributed by atoms with Crippen molar-refractivity contribution in [3.63, 3.8) is 0 Å².